The fourth-order valence-corrected chi connectivity index (χ4v) is 0.663. The van der Waals surface area contributed by atoms with Crippen LogP contribution < -0.4 is 0 Å². The third kappa shape index (κ3) is 5.92. The standard InChI is InChI=1S/C8H10.C5H8/c1-7-5-3-4-6-8(7)2;1-4-5(2)3/h3-6H,1-2H3;4H,1-2H2,3H3. The first kappa shape index (κ1) is 11.7. The van der Waals surface area contributed by atoms with Crippen LogP contribution in [0.25, 0.3) is 0 Å². The molecule has 13 heavy (non-hydrogen) atoms. The summed E-state index contributed by atoms with van der Waals surface area (Å²) >= 11 is 0. The lowest BCUT2D eigenvalue weighted by atomic mass is 10.1. The maximum Gasteiger partial charge on any atom is -0.0395 e. The first-order chi connectivity index (χ1) is 6.07. The zero-order chi connectivity index (χ0) is 10.3. The summed E-state index contributed by atoms with van der Waals surface area (Å²) in [6.45, 7) is 13.2. The van der Waals surface area contributed by atoms with Crippen LogP contribution in [0.2, 0.25) is 0 Å². The Balaban J connectivity index is 0.000000252. The van der Waals surface area contributed by atoms with Crippen molar-refractivity contribution in [2.45, 2.75) is 20.8 Å². The number of aryl methyl sites for hydroxylation is 2. The Hall–Kier alpha value is -1.30. The summed E-state index contributed by atoms with van der Waals surface area (Å²) in [5, 5.41) is 0. The number of benzene rings is 1. The van der Waals surface area contributed by atoms with E-state index in [-0.39, 0.29) is 0 Å². The van der Waals surface area contributed by atoms with Gasteiger partial charge in [0.25, 0.3) is 0 Å². The molecule has 1 aromatic rings. The van der Waals surface area contributed by atoms with Crippen molar-refractivity contribution in [3.63, 3.8) is 0 Å². The molecule has 0 amide bonds. The number of hydrogen-bond donors (Lipinski definition) is 0. The molecule has 0 heterocycles. The molecule has 70 valence electrons. The summed E-state index contributed by atoms with van der Waals surface area (Å²) in [6, 6.07) is 8.36. The van der Waals surface area contributed by atoms with Gasteiger partial charge in [-0.05, 0) is 31.9 Å². The van der Waals surface area contributed by atoms with Crippen molar-refractivity contribution in [3.05, 3.63) is 60.2 Å². The minimum absolute atomic E-state index is 1.02. The topological polar surface area (TPSA) is 0 Å². The van der Waals surface area contributed by atoms with Gasteiger partial charge in [0.2, 0.25) is 0 Å². The van der Waals surface area contributed by atoms with E-state index >= 15 is 0 Å². The molecule has 0 unspecified atom stereocenters. The lowest BCUT2D eigenvalue weighted by molar-refractivity contribution is 1.34. The van der Waals surface area contributed by atoms with E-state index in [0.29, 0.717) is 0 Å². The Labute approximate surface area is 81.6 Å². The summed E-state index contributed by atoms with van der Waals surface area (Å²) in [5.41, 5.74) is 3.75. The zero-order valence-electron chi connectivity index (χ0n) is 8.80. The van der Waals surface area contributed by atoms with E-state index in [0.717, 1.165) is 5.57 Å². The van der Waals surface area contributed by atoms with E-state index in [4.69, 9.17) is 0 Å². The molecule has 1 rings (SSSR count). The monoisotopic (exact) mass is 174 g/mol. The lowest BCUT2D eigenvalue weighted by Crippen LogP contribution is -1.74. The third-order valence-electron chi connectivity index (χ3n) is 1.77. The first-order valence-corrected chi connectivity index (χ1v) is 4.38. The highest BCUT2D eigenvalue weighted by Gasteiger charge is 1.83. The second kappa shape index (κ2) is 6.24. The number of allylic oxidation sites excluding steroid dienone is 2. The van der Waals surface area contributed by atoms with Crippen molar-refractivity contribution in [2.24, 2.45) is 0 Å². The molecule has 0 fully saturated rings. The predicted molar refractivity (Wildman–Crippen MR) is 60.9 cm³/mol. The Morgan fingerprint density at radius 1 is 1.15 bits per heavy atom. The van der Waals surface area contributed by atoms with Crippen LogP contribution in [0.4, 0.5) is 0 Å². The quantitative estimate of drug-likeness (QED) is 0.563. The zero-order valence-corrected chi connectivity index (χ0v) is 8.80. The molecule has 0 spiro atoms. The number of rotatable bonds is 1. The Kier molecular flexibility index (Phi) is 5.62. The van der Waals surface area contributed by atoms with Gasteiger partial charge in [-0.3, -0.25) is 0 Å². The van der Waals surface area contributed by atoms with Crippen molar-refractivity contribution >= 4 is 0 Å². The Morgan fingerprint density at radius 3 is 1.62 bits per heavy atom. The molecule has 0 aromatic heterocycles. The second-order valence-electron chi connectivity index (χ2n) is 3.13. The molecule has 0 aliphatic rings. The summed E-state index contributed by atoms with van der Waals surface area (Å²) in [5.74, 6) is 0. The fraction of sp³-hybridized carbons (Fsp3) is 0.231. The lowest BCUT2D eigenvalue weighted by Gasteiger charge is -1.93. The van der Waals surface area contributed by atoms with Crippen LogP contribution in [0, 0.1) is 13.8 Å². The molecule has 0 bridgehead atoms. The minimum atomic E-state index is 1.02. The highest BCUT2D eigenvalue weighted by Crippen LogP contribution is 2.02. The van der Waals surface area contributed by atoms with Gasteiger partial charge in [0.1, 0.15) is 0 Å². The van der Waals surface area contributed by atoms with E-state index in [2.05, 4.69) is 51.3 Å². The van der Waals surface area contributed by atoms with Gasteiger partial charge in [-0.15, -0.1) is 0 Å². The normalized spacial score (nSPS) is 8.23. The second-order valence-corrected chi connectivity index (χ2v) is 3.13. The smallest absolute Gasteiger partial charge is 0.0395 e. The van der Waals surface area contributed by atoms with Crippen molar-refractivity contribution in [3.8, 4) is 0 Å². The third-order valence-corrected chi connectivity index (χ3v) is 1.77. The molecule has 0 aliphatic heterocycles. The summed E-state index contributed by atoms with van der Waals surface area (Å²) in [4.78, 5) is 0. The molecular weight excluding hydrogens is 156 g/mol. The summed E-state index contributed by atoms with van der Waals surface area (Å²) < 4.78 is 0. The SMILES string of the molecule is C=CC(=C)C.Cc1ccccc1C. The maximum absolute atomic E-state index is 3.56. The van der Waals surface area contributed by atoms with Gasteiger partial charge in [0.05, 0.1) is 0 Å². The molecule has 0 radical (unpaired) electrons. The molecule has 1 aromatic carbocycles. The molecule has 0 atom stereocenters. The largest absolute Gasteiger partial charge is 0.0988 e. The van der Waals surface area contributed by atoms with Crippen LogP contribution in [0.15, 0.2) is 49.1 Å². The first-order valence-electron chi connectivity index (χ1n) is 4.38. The van der Waals surface area contributed by atoms with Crippen molar-refractivity contribution in [2.75, 3.05) is 0 Å². The van der Waals surface area contributed by atoms with Crippen LogP contribution in [-0.4, -0.2) is 0 Å². The van der Waals surface area contributed by atoms with Gasteiger partial charge in [-0.25, -0.2) is 0 Å². The predicted octanol–water partition coefficient (Wildman–Crippen LogP) is 4.05. The van der Waals surface area contributed by atoms with Gasteiger partial charge in [-0.1, -0.05) is 49.1 Å². The maximum atomic E-state index is 3.56. The van der Waals surface area contributed by atoms with Crippen molar-refractivity contribution < 1.29 is 0 Å². The molecule has 0 nitrogen and oxygen atoms in total. The molecule has 0 N–H and O–H groups in total. The summed E-state index contributed by atoms with van der Waals surface area (Å²) in [6.07, 6.45) is 1.72. The van der Waals surface area contributed by atoms with Gasteiger partial charge in [0.15, 0.2) is 0 Å². The van der Waals surface area contributed by atoms with Crippen LogP contribution >= 0.6 is 0 Å². The van der Waals surface area contributed by atoms with Crippen LogP contribution in [0.3, 0.4) is 0 Å². The highest BCUT2D eigenvalue weighted by molar-refractivity contribution is 5.23. The molecule has 0 saturated heterocycles. The van der Waals surface area contributed by atoms with Gasteiger partial charge in [-0.2, -0.15) is 0 Å². The van der Waals surface area contributed by atoms with E-state index in [1.807, 2.05) is 6.92 Å². The van der Waals surface area contributed by atoms with Crippen LogP contribution in [0.1, 0.15) is 18.1 Å². The van der Waals surface area contributed by atoms with E-state index in [1.165, 1.54) is 11.1 Å². The average molecular weight is 174 g/mol. The molecular formula is C13H18. The van der Waals surface area contributed by atoms with Gasteiger partial charge < -0.3 is 0 Å². The van der Waals surface area contributed by atoms with Crippen LogP contribution in [-0.2, 0) is 0 Å². The number of hydrogen-bond acceptors (Lipinski definition) is 0. The van der Waals surface area contributed by atoms with Gasteiger partial charge >= 0.3 is 0 Å². The average Bonchev–Trinajstić information content (AvgIpc) is 2.11. The van der Waals surface area contributed by atoms with Crippen molar-refractivity contribution in [1.82, 2.24) is 0 Å². The minimum Gasteiger partial charge on any atom is -0.0988 e. The van der Waals surface area contributed by atoms with Gasteiger partial charge in [0, 0.05) is 0 Å². The van der Waals surface area contributed by atoms with E-state index in [1.54, 1.807) is 6.08 Å². The Bertz CT molecular complexity index is 261. The van der Waals surface area contributed by atoms with Crippen molar-refractivity contribution in [1.29, 1.82) is 0 Å². The molecule has 0 heteroatoms. The Morgan fingerprint density at radius 2 is 1.46 bits per heavy atom. The fourth-order valence-electron chi connectivity index (χ4n) is 0.663. The van der Waals surface area contributed by atoms with Crippen LogP contribution in [0.5, 0.6) is 0 Å². The van der Waals surface area contributed by atoms with E-state index < -0.39 is 0 Å². The highest BCUT2D eigenvalue weighted by atomic mass is 13.9. The molecule has 0 aliphatic carbocycles. The molecule has 0 saturated carbocycles. The summed E-state index contributed by atoms with van der Waals surface area (Å²) in [7, 11) is 0. The van der Waals surface area contributed by atoms with E-state index in [9.17, 15) is 0 Å².